The molecule has 1 fully saturated rings. The lowest BCUT2D eigenvalue weighted by Gasteiger charge is -2.33. The summed E-state index contributed by atoms with van der Waals surface area (Å²) in [5.74, 6) is 2.06. The molecule has 0 aliphatic carbocycles. The largest absolute Gasteiger partial charge is 0.486 e. The van der Waals surface area contributed by atoms with Crippen LogP contribution in [0.5, 0.6) is 11.5 Å². The summed E-state index contributed by atoms with van der Waals surface area (Å²) in [6, 6.07) is 19.8. The summed E-state index contributed by atoms with van der Waals surface area (Å²) in [4.78, 5) is 20.7. The van der Waals surface area contributed by atoms with Crippen LogP contribution < -0.4 is 25.7 Å². The number of rotatable bonds is 5. The minimum Gasteiger partial charge on any atom is -0.486 e. The van der Waals surface area contributed by atoms with Gasteiger partial charge >= 0.3 is 0 Å². The van der Waals surface area contributed by atoms with E-state index in [9.17, 15) is 10.1 Å². The lowest BCUT2D eigenvalue weighted by Crippen LogP contribution is -2.44. The number of ether oxygens (including phenoxy) is 2. The fourth-order valence-electron chi connectivity index (χ4n) is 5.31. The summed E-state index contributed by atoms with van der Waals surface area (Å²) < 4.78 is 15.4. The molecule has 4 aromatic rings. The van der Waals surface area contributed by atoms with E-state index in [0.29, 0.717) is 53.6 Å². The molecule has 6 rings (SSSR count). The number of nitriles is 1. The molecule has 37 heavy (non-hydrogen) atoms. The molecule has 2 unspecified atom stereocenters. The molecule has 0 radical (unpaired) electrons. The number of hydrogen-bond acceptors (Lipinski definition) is 7. The quantitative estimate of drug-likeness (QED) is 0.452. The summed E-state index contributed by atoms with van der Waals surface area (Å²) in [5, 5.41) is 10.2. The van der Waals surface area contributed by atoms with Gasteiger partial charge in [-0.25, -0.2) is 4.98 Å². The maximum atomic E-state index is 13.9. The Bertz CT molecular complexity index is 1540. The van der Waals surface area contributed by atoms with Crippen molar-refractivity contribution in [2.75, 3.05) is 24.6 Å². The van der Waals surface area contributed by atoms with Crippen LogP contribution in [-0.4, -0.2) is 46.0 Å². The third kappa shape index (κ3) is 4.30. The molecule has 2 atom stereocenters. The fourth-order valence-corrected chi connectivity index (χ4v) is 5.31. The van der Waals surface area contributed by atoms with Gasteiger partial charge in [-0.05, 0) is 30.5 Å². The predicted octanol–water partition coefficient (Wildman–Crippen LogP) is 2.89. The van der Waals surface area contributed by atoms with E-state index < -0.39 is 0 Å². The number of anilines is 1. The first kappa shape index (κ1) is 23.1. The predicted molar refractivity (Wildman–Crippen MR) is 140 cm³/mol. The molecule has 4 heterocycles. The van der Waals surface area contributed by atoms with E-state index in [4.69, 9.17) is 15.2 Å². The van der Waals surface area contributed by atoms with Gasteiger partial charge in [0.25, 0.3) is 5.56 Å². The zero-order valence-corrected chi connectivity index (χ0v) is 20.4. The maximum Gasteiger partial charge on any atom is 0.278 e. The fraction of sp³-hybridized carbons (Fsp3) is 0.321. The molecule has 9 nitrogen and oxygen atoms in total. The topological polar surface area (TPSA) is 111 Å². The first-order chi connectivity index (χ1) is 18.1. The Morgan fingerprint density at radius 2 is 1.89 bits per heavy atom. The molecule has 9 heteroatoms. The summed E-state index contributed by atoms with van der Waals surface area (Å²) in [6.45, 7) is 2.44. The number of aromatic nitrogens is 3. The van der Waals surface area contributed by atoms with Crippen LogP contribution >= 0.6 is 0 Å². The molecule has 0 saturated carbocycles. The molecule has 2 N–H and O–H groups in total. The Balaban J connectivity index is 1.45. The van der Waals surface area contributed by atoms with Crippen LogP contribution in [0, 0.1) is 11.3 Å². The van der Waals surface area contributed by atoms with Crippen molar-refractivity contribution in [1.29, 1.82) is 5.26 Å². The first-order valence-corrected chi connectivity index (χ1v) is 12.6. The number of benzene rings is 2. The summed E-state index contributed by atoms with van der Waals surface area (Å²) in [7, 11) is 0. The Morgan fingerprint density at radius 3 is 2.68 bits per heavy atom. The summed E-state index contributed by atoms with van der Waals surface area (Å²) in [6.07, 6.45) is 3.03. The molecule has 0 amide bonds. The highest BCUT2D eigenvalue weighted by atomic mass is 16.6. The highest BCUT2D eigenvalue weighted by Gasteiger charge is 2.29. The van der Waals surface area contributed by atoms with Crippen molar-refractivity contribution in [2.24, 2.45) is 5.73 Å². The van der Waals surface area contributed by atoms with Crippen molar-refractivity contribution < 1.29 is 9.47 Å². The van der Waals surface area contributed by atoms with Gasteiger partial charge in [0.05, 0.1) is 12.9 Å². The smallest absolute Gasteiger partial charge is 0.278 e. The van der Waals surface area contributed by atoms with Crippen molar-refractivity contribution >= 4 is 16.9 Å². The second-order valence-electron chi connectivity index (χ2n) is 9.63. The maximum absolute atomic E-state index is 13.9. The second kappa shape index (κ2) is 9.64. The van der Waals surface area contributed by atoms with Crippen LogP contribution in [0.2, 0.25) is 0 Å². The number of nitrogens with zero attached hydrogens (tertiary/aromatic N) is 5. The minimum absolute atomic E-state index is 0.0134. The lowest BCUT2D eigenvalue weighted by atomic mass is 10.1. The highest BCUT2D eigenvalue weighted by molar-refractivity contribution is 5.89. The molecule has 2 aromatic heterocycles. The normalized spacial score (nSPS) is 19.1. The average Bonchev–Trinajstić information content (AvgIpc) is 3.24. The van der Waals surface area contributed by atoms with E-state index in [1.54, 1.807) is 4.57 Å². The highest BCUT2D eigenvalue weighted by Crippen LogP contribution is 2.33. The van der Waals surface area contributed by atoms with Crippen molar-refractivity contribution in [3.8, 4) is 17.6 Å². The van der Waals surface area contributed by atoms with Gasteiger partial charge in [0.2, 0.25) is 0 Å². The van der Waals surface area contributed by atoms with Crippen molar-refractivity contribution in [1.82, 2.24) is 14.1 Å². The van der Waals surface area contributed by atoms with Crippen LogP contribution in [0.25, 0.3) is 11.0 Å². The molecule has 1 saturated heterocycles. The summed E-state index contributed by atoms with van der Waals surface area (Å²) in [5.41, 5.74) is 8.36. The van der Waals surface area contributed by atoms with Crippen LogP contribution in [-0.2, 0) is 13.1 Å². The van der Waals surface area contributed by atoms with Crippen LogP contribution in [0.3, 0.4) is 0 Å². The summed E-state index contributed by atoms with van der Waals surface area (Å²) >= 11 is 0. The van der Waals surface area contributed by atoms with E-state index in [0.717, 1.165) is 24.9 Å². The first-order valence-electron chi connectivity index (χ1n) is 12.6. The molecule has 0 bridgehead atoms. The SMILES string of the molecule is N#Cc1c(N2CCCC(N)C2)n(Cc2ccccc2)c2c(=O)n(CC3COc4ccccc4O3)cnc12. The van der Waals surface area contributed by atoms with Gasteiger partial charge in [0.15, 0.2) is 17.6 Å². The molecule has 188 valence electrons. The number of para-hydroxylation sites is 2. The van der Waals surface area contributed by atoms with Crippen molar-refractivity contribution in [3.63, 3.8) is 0 Å². The molecule has 2 aliphatic heterocycles. The van der Waals surface area contributed by atoms with Crippen LogP contribution in [0.4, 0.5) is 5.82 Å². The standard InChI is InChI=1S/C28H28N6O3/c29-13-22-25-26(28(35)33(18-31-25)16-21-17-36-23-10-4-5-11-24(23)37-21)34(14-19-7-2-1-3-8-19)27(22)32-12-6-9-20(30)15-32/h1-5,7-8,10-11,18,20-21H,6,9,12,14-17,30H2. The van der Waals surface area contributed by atoms with Gasteiger partial charge < -0.3 is 24.7 Å². The Labute approximate surface area is 214 Å². The third-order valence-electron chi connectivity index (χ3n) is 7.02. The molecular weight excluding hydrogens is 468 g/mol. The van der Waals surface area contributed by atoms with E-state index in [1.165, 1.54) is 6.33 Å². The molecule has 2 aliphatic rings. The minimum atomic E-state index is -0.348. The zero-order chi connectivity index (χ0) is 25.4. The van der Waals surface area contributed by atoms with Crippen molar-refractivity contribution in [3.05, 3.63) is 82.4 Å². The van der Waals surface area contributed by atoms with E-state index in [-0.39, 0.29) is 24.2 Å². The van der Waals surface area contributed by atoms with Crippen LogP contribution in [0.1, 0.15) is 24.0 Å². The van der Waals surface area contributed by atoms with E-state index in [2.05, 4.69) is 16.0 Å². The Kier molecular flexibility index (Phi) is 6.02. The molecular formula is C28H28N6O3. The van der Waals surface area contributed by atoms with E-state index in [1.807, 2.05) is 59.2 Å². The third-order valence-corrected chi connectivity index (χ3v) is 7.02. The number of fused-ring (bicyclic) bond motifs is 2. The molecule has 2 aromatic carbocycles. The second-order valence-corrected chi connectivity index (χ2v) is 9.63. The zero-order valence-electron chi connectivity index (χ0n) is 20.4. The van der Waals surface area contributed by atoms with Crippen LogP contribution in [0.15, 0.2) is 65.7 Å². The van der Waals surface area contributed by atoms with Gasteiger partial charge in [-0.2, -0.15) is 5.26 Å². The van der Waals surface area contributed by atoms with Crippen molar-refractivity contribution in [2.45, 2.75) is 38.1 Å². The number of hydrogen-bond donors (Lipinski definition) is 1. The molecule has 0 spiro atoms. The average molecular weight is 497 g/mol. The lowest BCUT2D eigenvalue weighted by molar-refractivity contribution is 0.0777. The number of nitrogens with two attached hydrogens (primary N) is 1. The van der Waals surface area contributed by atoms with Gasteiger partial charge in [-0.3, -0.25) is 9.36 Å². The van der Waals surface area contributed by atoms with Gasteiger partial charge in [0, 0.05) is 25.7 Å². The monoisotopic (exact) mass is 496 g/mol. The Hall–Kier alpha value is -4.29. The van der Waals surface area contributed by atoms with Gasteiger partial charge in [0.1, 0.15) is 35.1 Å². The van der Waals surface area contributed by atoms with Gasteiger partial charge in [-0.1, -0.05) is 42.5 Å². The van der Waals surface area contributed by atoms with Gasteiger partial charge in [-0.15, -0.1) is 0 Å². The van der Waals surface area contributed by atoms with E-state index >= 15 is 0 Å². The Morgan fingerprint density at radius 1 is 1.11 bits per heavy atom. The number of piperidine rings is 1.